The molecule has 5 nitrogen and oxygen atoms in total. The molecule has 0 saturated heterocycles. The van der Waals surface area contributed by atoms with Gasteiger partial charge in [0, 0.05) is 32.8 Å². The molecule has 1 aromatic carbocycles. The van der Waals surface area contributed by atoms with E-state index < -0.39 is 5.97 Å². The Morgan fingerprint density at radius 1 is 1.35 bits per heavy atom. The number of aromatic hydroxyl groups is 1. The summed E-state index contributed by atoms with van der Waals surface area (Å²) in [7, 11) is 1.30. The topological polar surface area (TPSA) is 75.2 Å². The fourth-order valence-electron chi connectivity index (χ4n) is 2.57. The van der Waals surface area contributed by atoms with Crippen molar-refractivity contribution in [2.75, 3.05) is 7.11 Å². The number of aryl methyl sites for hydroxylation is 1. The normalized spacial score (nSPS) is 11.0. The lowest BCUT2D eigenvalue weighted by Crippen LogP contribution is -2.08. The number of hydrogen-bond acceptors (Lipinski definition) is 4. The van der Waals surface area contributed by atoms with Gasteiger partial charge in [-0.2, -0.15) is 0 Å². The molecule has 0 aliphatic carbocycles. The minimum atomic E-state index is -0.529. The summed E-state index contributed by atoms with van der Waals surface area (Å²) >= 11 is 12.3. The largest absolute Gasteiger partial charge is 0.493 e. The Bertz CT molecular complexity index is 935. The highest BCUT2D eigenvalue weighted by Gasteiger charge is 2.24. The summed E-state index contributed by atoms with van der Waals surface area (Å²) in [5.41, 5.74) is 2.23. The Morgan fingerprint density at radius 2 is 2.09 bits per heavy atom. The number of pyridine rings is 1. The van der Waals surface area contributed by atoms with Crippen LogP contribution in [-0.4, -0.2) is 28.2 Å². The maximum absolute atomic E-state index is 12.3. The van der Waals surface area contributed by atoms with E-state index >= 15 is 0 Å². The lowest BCUT2D eigenvalue weighted by Gasteiger charge is -2.13. The number of aromatic nitrogens is 2. The summed E-state index contributed by atoms with van der Waals surface area (Å²) in [5.74, 6) is -0.607. The third kappa shape index (κ3) is 2.52. The smallest absolute Gasteiger partial charge is 0.340 e. The minimum Gasteiger partial charge on any atom is -0.493 e. The van der Waals surface area contributed by atoms with Crippen molar-refractivity contribution in [3.63, 3.8) is 0 Å². The van der Waals surface area contributed by atoms with E-state index in [4.69, 9.17) is 27.9 Å². The van der Waals surface area contributed by atoms with Gasteiger partial charge in [0.2, 0.25) is 5.88 Å². The zero-order chi connectivity index (χ0) is 16.7. The van der Waals surface area contributed by atoms with E-state index in [0.717, 1.165) is 0 Å². The molecular formula is C16H12Cl2N2O3. The number of benzene rings is 1. The molecule has 0 fully saturated rings. The summed E-state index contributed by atoms with van der Waals surface area (Å²) in [6.45, 7) is 1.67. The van der Waals surface area contributed by atoms with E-state index in [-0.39, 0.29) is 5.88 Å². The lowest BCUT2D eigenvalue weighted by molar-refractivity contribution is 0.0600. The Balaban J connectivity index is 2.47. The van der Waals surface area contributed by atoms with Crippen LogP contribution in [-0.2, 0) is 4.74 Å². The van der Waals surface area contributed by atoms with Crippen molar-refractivity contribution < 1.29 is 14.6 Å². The zero-order valence-electron chi connectivity index (χ0n) is 12.3. The fourth-order valence-corrected chi connectivity index (χ4v) is 3.07. The second-order valence-corrected chi connectivity index (χ2v) is 5.81. The van der Waals surface area contributed by atoms with Crippen molar-refractivity contribution >= 4 is 40.1 Å². The molecule has 0 amide bonds. The van der Waals surface area contributed by atoms with Gasteiger partial charge in [-0.3, -0.25) is 0 Å². The first-order valence-corrected chi connectivity index (χ1v) is 7.44. The van der Waals surface area contributed by atoms with Crippen LogP contribution < -0.4 is 0 Å². The summed E-state index contributed by atoms with van der Waals surface area (Å²) in [4.78, 5) is 19.2. The maximum atomic E-state index is 12.3. The number of esters is 1. The van der Waals surface area contributed by atoms with E-state index in [1.54, 1.807) is 31.3 Å². The number of rotatable bonds is 2. The number of fused-ring (bicyclic) bond motifs is 1. The van der Waals surface area contributed by atoms with Gasteiger partial charge >= 0.3 is 5.97 Å². The maximum Gasteiger partial charge on any atom is 0.340 e. The van der Waals surface area contributed by atoms with Crippen LogP contribution in [0, 0.1) is 6.92 Å². The first-order chi connectivity index (χ1) is 10.9. The van der Waals surface area contributed by atoms with Crippen LogP contribution in [0.25, 0.3) is 22.0 Å². The highest BCUT2D eigenvalue weighted by Crippen LogP contribution is 2.40. The van der Waals surface area contributed by atoms with E-state index in [1.807, 2.05) is 0 Å². The van der Waals surface area contributed by atoms with Crippen LogP contribution in [0.1, 0.15) is 16.1 Å². The van der Waals surface area contributed by atoms with Crippen LogP contribution in [0.2, 0.25) is 10.0 Å². The summed E-state index contributed by atoms with van der Waals surface area (Å²) < 4.78 is 4.88. The average molecular weight is 351 g/mol. The van der Waals surface area contributed by atoms with E-state index in [2.05, 4.69) is 9.97 Å². The molecule has 3 rings (SSSR count). The molecule has 118 valence electrons. The third-order valence-electron chi connectivity index (χ3n) is 3.58. The van der Waals surface area contributed by atoms with Crippen LogP contribution in [0.4, 0.5) is 0 Å². The lowest BCUT2D eigenvalue weighted by atomic mass is 9.96. The summed E-state index contributed by atoms with van der Waals surface area (Å²) in [5, 5.41) is 11.4. The molecule has 2 aromatic heterocycles. The molecule has 0 bridgehead atoms. The number of methoxy groups -OCH3 is 1. The van der Waals surface area contributed by atoms with E-state index in [9.17, 15) is 9.90 Å². The standard InChI is InChI=1S/C16H12Cl2N2O3/c1-7-12(16(22)23-2)13(9-4-3-8(17)5-11(9)18)10-6-19-15(21)14(10)20-7/h3-6,19,21H,1-2H3. The number of H-pyrrole nitrogens is 1. The predicted octanol–water partition coefficient (Wildman–Crippen LogP) is 4.34. The molecule has 3 aromatic rings. The second-order valence-electron chi connectivity index (χ2n) is 4.96. The molecule has 0 spiro atoms. The molecular weight excluding hydrogens is 339 g/mol. The Kier molecular flexibility index (Phi) is 3.92. The molecule has 0 atom stereocenters. The van der Waals surface area contributed by atoms with Crippen molar-refractivity contribution in [1.82, 2.24) is 9.97 Å². The number of nitrogens with zero attached hydrogens (tertiary/aromatic N) is 1. The highest BCUT2D eigenvalue weighted by atomic mass is 35.5. The van der Waals surface area contributed by atoms with Gasteiger partial charge in [0.05, 0.1) is 18.4 Å². The van der Waals surface area contributed by atoms with Crippen LogP contribution >= 0.6 is 23.2 Å². The van der Waals surface area contributed by atoms with Crippen molar-refractivity contribution in [3.8, 4) is 17.0 Å². The molecule has 7 heteroatoms. The van der Waals surface area contributed by atoms with Gasteiger partial charge in [-0.15, -0.1) is 0 Å². The van der Waals surface area contributed by atoms with E-state index in [1.165, 1.54) is 7.11 Å². The molecule has 2 heterocycles. The molecule has 0 radical (unpaired) electrons. The van der Waals surface area contributed by atoms with Gasteiger partial charge in [-0.1, -0.05) is 29.3 Å². The van der Waals surface area contributed by atoms with Gasteiger partial charge in [0.25, 0.3) is 0 Å². The SMILES string of the molecule is COC(=O)c1c(C)nc2c(O)[nH]cc2c1-c1ccc(Cl)cc1Cl. The number of aromatic amines is 1. The van der Waals surface area contributed by atoms with Crippen molar-refractivity contribution in [3.05, 3.63) is 45.7 Å². The summed E-state index contributed by atoms with van der Waals surface area (Å²) in [6, 6.07) is 4.99. The van der Waals surface area contributed by atoms with E-state index in [0.29, 0.717) is 43.3 Å². The van der Waals surface area contributed by atoms with Crippen molar-refractivity contribution in [1.29, 1.82) is 0 Å². The quantitative estimate of drug-likeness (QED) is 0.674. The van der Waals surface area contributed by atoms with Crippen molar-refractivity contribution in [2.24, 2.45) is 0 Å². The number of ether oxygens (including phenoxy) is 1. The average Bonchev–Trinajstić information content (AvgIpc) is 2.87. The monoisotopic (exact) mass is 350 g/mol. The predicted molar refractivity (Wildman–Crippen MR) is 89.3 cm³/mol. The van der Waals surface area contributed by atoms with Crippen LogP contribution in [0.15, 0.2) is 24.4 Å². The number of hydrogen-bond donors (Lipinski definition) is 2. The second kappa shape index (κ2) is 5.76. The Labute approximate surface area is 141 Å². The van der Waals surface area contributed by atoms with Crippen LogP contribution in [0.3, 0.4) is 0 Å². The number of nitrogens with one attached hydrogen (secondary N) is 1. The molecule has 0 unspecified atom stereocenters. The van der Waals surface area contributed by atoms with Crippen LogP contribution in [0.5, 0.6) is 5.88 Å². The zero-order valence-corrected chi connectivity index (χ0v) is 13.8. The fraction of sp³-hybridized carbons (Fsp3) is 0.125. The molecule has 2 N–H and O–H groups in total. The molecule has 23 heavy (non-hydrogen) atoms. The number of halogens is 2. The molecule has 0 saturated carbocycles. The Hall–Kier alpha value is -2.24. The minimum absolute atomic E-state index is 0.0779. The first kappa shape index (κ1) is 15.6. The van der Waals surface area contributed by atoms with Gasteiger partial charge in [0.1, 0.15) is 5.52 Å². The molecule has 0 aliphatic rings. The van der Waals surface area contributed by atoms with Gasteiger partial charge in [-0.25, -0.2) is 9.78 Å². The first-order valence-electron chi connectivity index (χ1n) is 6.68. The third-order valence-corrected chi connectivity index (χ3v) is 4.13. The number of carbonyl (C=O) groups excluding carboxylic acids is 1. The Morgan fingerprint density at radius 3 is 2.74 bits per heavy atom. The molecule has 0 aliphatic heterocycles. The van der Waals surface area contributed by atoms with Crippen molar-refractivity contribution in [2.45, 2.75) is 6.92 Å². The highest BCUT2D eigenvalue weighted by molar-refractivity contribution is 6.37. The van der Waals surface area contributed by atoms with Gasteiger partial charge < -0.3 is 14.8 Å². The number of carbonyl (C=O) groups is 1. The van der Waals surface area contributed by atoms with Gasteiger partial charge in [0.15, 0.2) is 0 Å². The van der Waals surface area contributed by atoms with Gasteiger partial charge in [-0.05, 0) is 19.1 Å². The summed E-state index contributed by atoms with van der Waals surface area (Å²) in [6.07, 6.45) is 1.57.